The maximum absolute atomic E-state index is 11.8. The zero-order chi connectivity index (χ0) is 16.3. The molecule has 22 heavy (non-hydrogen) atoms. The summed E-state index contributed by atoms with van der Waals surface area (Å²) in [5.74, 6) is 0.176. The van der Waals surface area contributed by atoms with Crippen LogP contribution in [0.15, 0.2) is 17.1 Å². The molecule has 122 valence electrons. The van der Waals surface area contributed by atoms with Gasteiger partial charge in [0.2, 0.25) is 0 Å². The van der Waals surface area contributed by atoms with E-state index in [1.54, 1.807) is 33.0 Å². The van der Waals surface area contributed by atoms with Gasteiger partial charge in [0.25, 0.3) is 0 Å². The second-order valence-corrected chi connectivity index (χ2v) is 6.94. The molecule has 1 saturated heterocycles. The highest BCUT2D eigenvalue weighted by Gasteiger charge is 2.34. The van der Waals surface area contributed by atoms with E-state index in [9.17, 15) is 9.36 Å². The quantitative estimate of drug-likeness (QED) is 0.823. The highest BCUT2D eigenvalue weighted by Crippen LogP contribution is 2.34. The molecule has 0 aliphatic carbocycles. The fourth-order valence-electron chi connectivity index (χ4n) is 2.05. The minimum atomic E-state index is -2.19. The molecule has 1 aliphatic rings. The number of nitrogen functional groups attached to an aromatic ring is 1. The lowest BCUT2D eigenvalue weighted by Crippen LogP contribution is -2.27. The molecule has 0 amide bonds. The van der Waals surface area contributed by atoms with Crippen molar-refractivity contribution in [3.8, 4) is 0 Å². The molecule has 9 heteroatoms. The van der Waals surface area contributed by atoms with E-state index in [4.69, 9.17) is 19.5 Å². The molecule has 0 bridgehead atoms. The van der Waals surface area contributed by atoms with Crippen LogP contribution in [0, 0.1) is 0 Å². The Morgan fingerprint density at radius 2 is 2.23 bits per heavy atom. The largest absolute Gasteiger partial charge is 0.698 e. The number of ether oxygens (including phenoxy) is 1. The summed E-state index contributed by atoms with van der Waals surface area (Å²) >= 11 is 0. The van der Waals surface area contributed by atoms with Gasteiger partial charge in [0.1, 0.15) is 24.3 Å². The molecule has 0 saturated carbocycles. The topological polar surface area (TPSA) is 106 Å². The third-order valence-corrected chi connectivity index (χ3v) is 4.02. The molecule has 1 unspecified atom stereocenters. The third kappa shape index (κ3) is 4.84. The predicted octanol–water partition coefficient (Wildman–Crippen LogP) is 1.99. The number of anilines is 1. The first kappa shape index (κ1) is 17.0. The zero-order valence-corrected chi connectivity index (χ0v) is 13.8. The fraction of sp³-hybridized carbons (Fsp3) is 0.692. The molecule has 2 heterocycles. The van der Waals surface area contributed by atoms with E-state index in [2.05, 4.69) is 4.98 Å². The molecule has 0 aromatic carbocycles. The van der Waals surface area contributed by atoms with E-state index < -0.39 is 25.8 Å². The summed E-state index contributed by atoms with van der Waals surface area (Å²) in [6.07, 6.45) is 2.26. The third-order valence-electron chi connectivity index (χ3n) is 2.96. The van der Waals surface area contributed by atoms with Crippen LogP contribution in [-0.4, -0.2) is 27.9 Å². The minimum absolute atomic E-state index is 0.152. The van der Waals surface area contributed by atoms with Gasteiger partial charge in [-0.15, -0.1) is 9.05 Å². The highest BCUT2D eigenvalue weighted by molar-refractivity contribution is 7.33. The van der Waals surface area contributed by atoms with Gasteiger partial charge in [0, 0.05) is 10.8 Å². The Balaban J connectivity index is 1.85. The lowest BCUT2D eigenvalue weighted by Gasteiger charge is -2.14. The Bertz CT molecular complexity index is 598. The van der Waals surface area contributed by atoms with E-state index in [1.165, 1.54) is 4.57 Å². The fourth-order valence-corrected chi connectivity index (χ4v) is 2.84. The van der Waals surface area contributed by atoms with Gasteiger partial charge in [0.15, 0.2) is 0 Å². The molecule has 2 N–H and O–H groups in total. The first-order valence-electron chi connectivity index (χ1n) is 7.04. The van der Waals surface area contributed by atoms with E-state index in [-0.39, 0.29) is 18.5 Å². The molecule has 1 aliphatic heterocycles. The minimum Gasteiger partial charge on any atom is -0.383 e. The molecule has 1 fully saturated rings. The van der Waals surface area contributed by atoms with Gasteiger partial charge in [-0.3, -0.25) is 4.57 Å². The van der Waals surface area contributed by atoms with Crippen LogP contribution in [0.2, 0.25) is 0 Å². The van der Waals surface area contributed by atoms with E-state index in [0.29, 0.717) is 12.8 Å². The molecule has 3 atom stereocenters. The average Bonchev–Trinajstić information content (AvgIpc) is 2.83. The molecule has 1 aromatic heterocycles. The number of nitrogens with two attached hydrogens (primary N) is 1. The SMILES string of the molecule is CC(C)(C)O[P+](=O)OC[C@@H]1CC[C@H](n2ccc(N)nc2=O)O1. The summed E-state index contributed by atoms with van der Waals surface area (Å²) in [6.45, 7) is 5.55. The molecule has 0 spiro atoms. The molecular formula is C13H21N3O5P+. The van der Waals surface area contributed by atoms with Gasteiger partial charge in [-0.1, -0.05) is 0 Å². The Morgan fingerprint density at radius 1 is 1.50 bits per heavy atom. The van der Waals surface area contributed by atoms with E-state index >= 15 is 0 Å². The van der Waals surface area contributed by atoms with Gasteiger partial charge in [-0.05, 0) is 39.7 Å². The first-order valence-corrected chi connectivity index (χ1v) is 8.13. The van der Waals surface area contributed by atoms with Crippen LogP contribution in [0.5, 0.6) is 0 Å². The van der Waals surface area contributed by atoms with Gasteiger partial charge < -0.3 is 10.5 Å². The second kappa shape index (κ2) is 6.83. The summed E-state index contributed by atoms with van der Waals surface area (Å²) in [6, 6.07) is 1.54. The van der Waals surface area contributed by atoms with Crippen molar-refractivity contribution in [3.05, 3.63) is 22.7 Å². The lowest BCUT2D eigenvalue weighted by atomic mass is 10.2. The summed E-state index contributed by atoms with van der Waals surface area (Å²) in [5.41, 5.74) is 4.47. The van der Waals surface area contributed by atoms with Crippen LogP contribution in [0.1, 0.15) is 39.8 Å². The van der Waals surface area contributed by atoms with Crippen molar-refractivity contribution in [3.63, 3.8) is 0 Å². The number of hydrogen-bond donors (Lipinski definition) is 1. The summed E-state index contributed by atoms with van der Waals surface area (Å²) in [7, 11) is -2.19. The average molecular weight is 330 g/mol. The van der Waals surface area contributed by atoms with Crippen LogP contribution in [0.25, 0.3) is 0 Å². The Kier molecular flexibility index (Phi) is 5.28. The predicted molar refractivity (Wildman–Crippen MR) is 80.4 cm³/mol. The highest BCUT2D eigenvalue weighted by atomic mass is 31.1. The van der Waals surface area contributed by atoms with Crippen LogP contribution in [0.3, 0.4) is 0 Å². The van der Waals surface area contributed by atoms with Crippen LogP contribution >= 0.6 is 8.25 Å². The smallest absolute Gasteiger partial charge is 0.383 e. The summed E-state index contributed by atoms with van der Waals surface area (Å²) in [5, 5.41) is 0. The normalized spacial score (nSPS) is 22.8. The van der Waals surface area contributed by atoms with Crippen molar-refractivity contribution < 1.29 is 18.3 Å². The van der Waals surface area contributed by atoms with Gasteiger partial charge in [0.05, 0.1) is 6.10 Å². The van der Waals surface area contributed by atoms with Crippen molar-refractivity contribution in [2.75, 3.05) is 12.3 Å². The summed E-state index contributed by atoms with van der Waals surface area (Å²) in [4.78, 5) is 15.4. The molecule has 8 nitrogen and oxygen atoms in total. The van der Waals surface area contributed by atoms with Crippen molar-refractivity contribution in [2.24, 2.45) is 0 Å². The van der Waals surface area contributed by atoms with E-state index in [0.717, 1.165) is 0 Å². The number of hydrogen-bond acceptors (Lipinski definition) is 7. The molecule has 0 radical (unpaired) electrons. The number of rotatable bonds is 5. The lowest BCUT2D eigenvalue weighted by molar-refractivity contribution is -0.0232. The van der Waals surface area contributed by atoms with Crippen LogP contribution in [0.4, 0.5) is 5.82 Å². The van der Waals surface area contributed by atoms with Crippen molar-refractivity contribution >= 4 is 14.1 Å². The van der Waals surface area contributed by atoms with Crippen molar-refractivity contribution in [1.29, 1.82) is 0 Å². The van der Waals surface area contributed by atoms with Crippen LogP contribution in [-0.2, 0) is 18.3 Å². The standard InChI is InChI=1S/C13H20N3O5P/c1-13(2,3)21-22(18)19-8-9-4-5-11(20-9)16-7-6-10(14)15-12(16)17/h6-7,9,11H,4-5,8H2,1-3H3,(H-,14,15,17)/p+1/t9-,11+/m0/s1. The van der Waals surface area contributed by atoms with Gasteiger partial charge in [-0.25, -0.2) is 4.79 Å². The Hall–Kier alpha value is -1.34. The Morgan fingerprint density at radius 3 is 2.86 bits per heavy atom. The number of nitrogens with zero attached hydrogens (tertiary/aromatic N) is 2. The molecular weight excluding hydrogens is 309 g/mol. The maximum Gasteiger partial charge on any atom is 0.698 e. The zero-order valence-electron chi connectivity index (χ0n) is 12.9. The van der Waals surface area contributed by atoms with Gasteiger partial charge >= 0.3 is 13.9 Å². The second-order valence-electron chi connectivity index (χ2n) is 6.06. The van der Waals surface area contributed by atoms with Crippen molar-refractivity contribution in [2.45, 2.75) is 51.5 Å². The number of aromatic nitrogens is 2. The molecule has 1 aromatic rings. The summed E-state index contributed by atoms with van der Waals surface area (Å²) < 4.78 is 29.1. The van der Waals surface area contributed by atoms with Crippen LogP contribution < -0.4 is 11.4 Å². The van der Waals surface area contributed by atoms with E-state index in [1.807, 2.05) is 0 Å². The first-order chi connectivity index (χ1) is 10.2. The maximum atomic E-state index is 11.8. The van der Waals surface area contributed by atoms with Crippen molar-refractivity contribution in [1.82, 2.24) is 9.55 Å². The molecule has 2 rings (SSSR count). The van der Waals surface area contributed by atoms with Gasteiger partial charge in [-0.2, -0.15) is 4.98 Å². The monoisotopic (exact) mass is 330 g/mol. The Labute approximate surface area is 129 Å².